The van der Waals surface area contributed by atoms with E-state index in [0.717, 1.165) is 18.8 Å². The molecule has 4 rings (SSSR count). The molecule has 1 aliphatic rings. The summed E-state index contributed by atoms with van der Waals surface area (Å²) in [6.45, 7) is 6.34. The Kier molecular flexibility index (Phi) is 5.48. The third kappa shape index (κ3) is 3.62. The fraction of sp³-hybridized carbons (Fsp3) is 0.391. The molecular formula is C23H28N2OS. The molecule has 2 heterocycles. The zero-order valence-corrected chi connectivity index (χ0v) is 17.2. The summed E-state index contributed by atoms with van der Waals surface area (Å²) in [5.41, 5.74) is 4.04. The average Bonchev–Trinajstić information content (AvgIpc) is 3.01. The van der Waals surface area contributed by atoms with Crippen LogP contribution in [0.5, 0.6) is 5.75 Å². The summed E-state index contributed by atoms with van der Waals surface area (Å²) in [4.78, 5) is 1.39. The molecule has 2 N–H and O–H groups in total. The summed E-state index contributed by atoms with van der Waals surface area (Å²) < 4.78 is 7.06. The van der Waals surface area contributed by atoms with E-state index in [9.17, 15) is 0 Å². The average molecular weight is 381 g/mol. The van der Waals surface area contributed by atoms with E-state index in [2.05, 4.69) is 66.9 Å². The van der Waals surface area contributed by atoms with Crippen molar-refractivity contribution in [3.63, 3.8) is 0 Å². The molecule has 0 bridgehead atoms. The molecule has 2 atom stereocenters. The van der Waals surface area contributed by atoms with E-state index >= 15 is 0 Å². The number of ether oxygens (including phenoxy) is 1. The zero-order chi connectivity index (χ0) is 18.8. The number of hydrogen-bond donors (Lipinski definition) is 2. The van der Waals surface area contributed by atoms with Gasteiger partial charge in [-0.15, -0.1) is 11.3 Å². The first kappa shape index (κ1) is 18.5. The van der Waals surface area contributed by atoms with Gasteiger partial charge < -0.3 is 15.4 Å². The van der Waals surface area contributed by atoms with E-state index in [-0.39, 0.29) is 0 Å². The van der Waals surface area contributed by atoms with Crippen molar-refractivity contribution in [2.24, 2.45) is 0 Å². The van der Waals surface area contributed by atoms with Crippen LogP contribution in [0, 0.1) is 13.8 Å². The first-order valence-corrected chi connectivity index (χ1v) is 10.6. The normalized spacial score (nSPS) is 20.1. The van der Waals surface area contributed by atoms with Crippen LogP contribution in [0.2, 0.25) is 0 Å². The fourth-order valence-electron chi connectivity index (χ4n) is 4.15. The number of hydrogen-bond acceptors (Lipinski definition) is 4. The minimum absolute atomic E-state index is 0.358. The largest absolute Gasteiger partial charge is 0.496 e. The highest BCUT2D eigenvalue weighted by Gasteiger charge is 2.26. The second-order valence-electron chi connectivity index (χ2n) is 7.38. The van der Waals surface area contributed by atoms with Crippen molar-refractivity contribution in [1.29, 1.82) is 0 Å². The van der Waals surface area contributed by atoms with Gasteiger partial charge in [0, 0.05) is 33.8 Å². The van der Waals surface area contributed by atoms with Crippen LogP contribution in [0.25, 0.3) is 10.1 Å². The Labute approximate surface area is 165 Å². The number of fused-ring (bicyclic) bond motifs is 1. The molecule has 27 heavy (non-hydrogen) atoms. The molecule has 1 aromatic heterocycles. The molecule has 4 heteroatoms. The standard InChI is InChI=1S/C23H28N2OS/c1-15-16(2)27-23-18(15)11-12-21(26-3)19(23)14-25-20-10-7-13-24-22(20)17-8-5-4-6-9-17/h4-6,8-9,11-12,20,22,24-25H,7,10,13-14H2,1-3H3/t20-,22-/m0/s1. The third-order valence-corrected chi connectivity index (χ3v) is 7.07. The quantitative estimate of drug-likeness (QED) is 0.645. The first-order chi connectivity index (χ1) is 13.2. The summed E-state index contributed by atoms with van der Waals surface area (Å²) in [5.74, 6) is 0.983. The van der Waals surface area contributed by atoms with Crippen LogP contribution in [0.1, 0.15) is 40.5 Å². The number of rotatable bonds is 5. The molecular weight excluding hydrogens is 352 g/mol. The monoisotopic (exact) mass is 380 g/mol. The molecule has 0 amide bonds. The Hall–Kier alpha value is -1.88. The van der Waals surface area contributed by atoms with E-state index in [1.807, 2.05) is 11.3 Å². The molecule has 0 radical (unpaired) electrons. The van der Waals surface area contributed by atoms with Gasteiger partial charge in [-0.3, -0.25) is 0 Å². The lowest BCUT2D eigenvalue weighted by atomic mass is 9.92. The van der Waals surface area contributed by atoms with Gasteiger partial charge in [0.15, 0.2) is 0 Å². The second kappa shape index (κ2) is 8.01. The summed E-state index contributed by atoms with van der Waals surface area (Å²) in [6.07, 6.45) is 2.40. The van der Waals surface area contributed by atoms with Gasteiger partial charge in [-0.2, -0.15) is 0 Å². The van der Waals surface area contributed by atoms with Crippen molar-refractivity contribution in [2.45, 2.75) is 45.3 Å². The molecule has 1 fully saturated rings. The molecule has 0 saturated carbocycles. The molecule has 3 aromatic rings. The maximum atomic E-state index is 5.70. The number of piperidine rings is 1. The van der Waals surface area contributed by atoms with Gasteiger partial charge in [0.1, 0.15) is 5.75 Å². The molecule has 0 aliphatic carbocycles. The van der Waals surface area contributed by atoms with E-state index in [1.54, 1.807) is 7.11 Å². The minimum Gasteiger partial charge on any atom is -0.496 e. The predicted molar refractivity (Wildman–Crippen MR) is 115 cm³/mol. The lowest BCUT2D eigenvalue weighted by Gasteiger charge is -2.34. The molecule has 0 unspecified atom stereocenters. The van der Waals surface area contributed by atoms with Crippen LogP contribution < -0.4 is 15.4 Å². The van der Waals surface area contributed by atoms with E-state index in [0.29, 0.717) is 12.1 Å². The van der Waals surface area contributed by atoms with Crippen LogP contribution in [-0.4, -0.2) is 19.7 Å². The van der Waals surface area contributed by atoms with Crippen molar-refractivity contribution < 1.29 is 4.74 Å². The maximum absolute atomic E-state index is 5.70. The maximum Gasteiger partial charge on any atom is 0.124 e. The molecule has 142 valence electrons. The van der Waals surface area contributed by atoms with Gasteiger partial charge in [-0.25, -0.2) is 0 Å². The van der Waals surface area contributed by atoms with Crippen LogP contribution in [0.15, 0.2) is 42.5 Å². The Balaban J connectivity index is 1.61. The van der Waals surface area contributed by atoms with Crippen molar-refractivity contribution in [2.75, 3.05) is 13.7 Å². The first-order valence-electron chi connectivity index (χ1n) is 9.76. The Morgan fingerprint density at radius 3 is 2.74 bits per heavy atom. The van der Waals surface area contributed by atoms with Crippen molar-refractivity contribution in [1.82, 2.24) is 10.6 Å². The second-order valence-corrected chi connectivity index (χ2v) is 8.60. The SMILES string of the molecule is COc1ccc2c(C)c(C)sc2c1CN[C@H]1CCCN[C@H]1c1ccccc1. The van der Waals surface area contributed by atoms with Crippen LogP contribution in [-0.2, 0) is 6.54 Å². The Bertz CT molecular complexity index is 919. The lowest BCUT2D eigenvalue weighted by molar-refractivity contribution is 0.303. The van der Waals surface area contributed by atoms with E-state index < -0.39 is 0 Å². The van der Waals surface area contributed by atoms with Crippen LogP contribution >= 0.6 is 11.3 Å². The van der Waals surface area contributed by atoms with Crippen molar-refractivity contribution >= 4 is 21.4 Å². The molecule has 0 spiro atoms. The van der Waals surface area contributed by atoms with Crippen molar-refractivity contribution in [3.8, 4) is 5.75 Å². The molecule has 1 saturated heterocycles. The van der Waals surface area contributed by atoms with E-state index in [1.165, 1.54) is 44.5 Å². The number of benzene rings is 2. The number of thiophene rings is 1. The van der Waals surface area contributed by atoms with E-state index in [4.69, 9.17) is 4.74 Å². The van der Waals surface area contributed by atoms with Gasteiger partial charge in [-0.05, 0) is 61.9 Å². The number of methoxy groups -OCH3 is 1. The lowest BCUT2D eigenvalue weighted by Crippen LogP contribution is -2.45. The Morgan fingerprint density at radius 1 is 1.15 bits per heavy atom. The van der Waals surface area contributed by atoms with Gasteiger partial charge in [0.2, 0.25) is 0 Å². The number of nitrogens with one attached hydrogen (secondary N) is 2. The van der Waals surface area contributed by atoms with Crippen LogP contribution in [0.4, 0.5) is 0 Å². The van der Waals surface area contributed by atoms with Crippen LogP contribution in [0.3, 0.4) is 0 Å². The van der Waals surface area contributed by atoms with Gasteiger partial charge in [-0.1, -0.05) is 30.3 Å². The molecule has 2 aromatic carbocycles. The molecule has 1 aliphatic heterocycles. The van der Waals surface area contributed by atoms with Gasteiger partial charge in [0.25, 0.3) is 0 Å². The van der Waals surface area contributed by atoms with Crippen molar-refractivity contribution in [3.05, 3.63) is 64.0 Å². The Morgan fingerprint density at radius 2 is 1.96 bits per heavy atom. The highest BCUT2D eigenvalue weighted by atomic mass is 32.1. The fourth-order valence-corrected chi connectivity index (χ4v) is 5.35. The summed E-state index contributed by atoms with van der Waals surface area (Å²) >= 11 is 1.88. The number of aryl methyl sites for hydroxylation is 2. The third-order valence-electron chi connectivity index (χ3n) is 5.78. The minimum atomic E-state index is 0.358. The van der Waals surface area contributed by atoms with Gasteiger partial charge >= 0.3 is 0 Å². The van der Waals surface area contributed by atoms with Gasteiger partial charge in [0.05, 0.1) is 7.11 Å². The summed E-state index contributed by atoms with van der Waals surface area (Å²) in [7, 11) is 1.77. The molecule has 3 nitrogen and oxygen atoms in total. The zero-order valence-electron chi connectivity index (χ0n) is 16.3. The summed E-state index contributed by atoms with van der Waals surface area (Å²) in [5, 5.41) is 8.91. The topological polar surface area (TPSA) is 33.3 Å². The summed E-state index contributed by atoms with van der Waals surface area (Å²) in [6, 6.07) is 15.9. The predicted octanol–water partition coefficient (Wildman–Crippen LogP) is 5.11. The highest BCUT2D eigenvalue weighted by molar-refractivity contribution is 7.19. The smallest absolute Gasteiger partial charge is 0.124 e. The highest BCUT2D eigenvalue weighted by Crippen LogP contribution is 2.37.